The zero-order valence-corrected chi connectivity index (χ0v) is 15.1. The van der Waals surface area contributed by atoms with E-state index in [2.05, 4.69) is 10.6 Å². The highest BCUT2D eigenvalue weighted by molar-refractivity contribution is 6.09. The van der Waals surface area contributed by atoms with Crippen LogP contribution in [0.15, 0.2) is 24.3 Å². The van der Waals surface area contributed by atoms with Crippen LogP contribution in [0.1, 0.15) is 45.2 Å². The van der Waals surface area contributed by atoms with E-state index in [0.717, 1.165) is 10.5 Å². The van der Waals surface area contributed by atoms with Crippen molar-refractivity contribution in [2.75, 3.05) is 13.7 Å². The first-order valence-corrected chi connectivity index (χ1v) is 8.45. The van der Waals surface area contributed by atoms with E-state index in [9.17, 15) is 14.4 Å². The van der Waals surface area contributed by atoms with E-state index in [1.165, 1.54) is 0 Å². The van der Waals surface area contributed by atoms with Crippen LogP contribution in [-0.2, 0) is 9.59 Å². The Hall–Kier alpha value is -2.57. The number of urea groups is 1. The van der Waals surface area contributed by atoms with Gasteiger partial charge in [-0.25, -0.2) is 4.79 Å². The van der Waals surface area contributed by atoms with Gasteiger partial charge in [-0.05, 0) is 25.8 Å². The van der Waals surface area contributed by atoms with Crippen LogP contribution in [0.2, 0.25) is 0 Å². The van der Waals surface area contributed by atoms with Crippen LogP contribution in [0.4, 0.5) is 4.79 Å². The molecule has 0 spiro atoms. The van der Waals surface area contributed by atoms with Crippen molar-refractivity contribution in [3.63, 3.8) is 0 Å². The lowest BCUT2D eigenvalue weighted by Crippen LogP contribution is -2.46. The average molecular weight is 347 g/mol. The molecule has 136 valence electrons. The number of nitrogens with one attached hydrogen (secondary N) is 2. The fourth-order valence-electron chi connectivity index (χ4n) is 3.08. The molecule has 1 aliphatic rings. The van der Waals surface area contributed by atoms with Crippen molar-refractivity contribution in [2.45, 2.75) is 45.2 Å². The number of ether oxygens (including phenoxy) is 1. The summed E-state index contributed by atoms with van der Waals surface area (Å²) >= 11 is 0. The first-order valence-electron chi connectivity index (χ1n) is 8.45. The van der Waals surface area contributed by atoms with Gasteiger partial charge in [0.25, 0.3) is 5.91 Å². The number of para-hydroxylation sites is 1. The Morgan fingerprint density at radius 1 is 1.28 bits per heavy atom. The molecule has 0 bridgehead atoms. The molecule has 7 heteroatoms. The van der Waals surface area contributed by atoms with Crippen molar-refractivity contribution in [3.8, 4) is 5.75 Å². The molecule has 0 aromatic heterocycles. The van der Waals surface area contributed by atoms with Crippen molar-refractivity contribution < 1.29 is 19.1 Å². The van der Waals surface area contributed by atoms with Gasteiger partial charge in [-0.1, -0.05) is 32.0 Å². The Morgan fingerprint density at radius 3 is 2.48 bits per heavy atom. The molecule has 0 aliphatic carbocycles. The summed E-state index contributed by atoms with van der Waals surface area (Å²) in [4.78, 5) is 38.0. The van der Waals surface area contributed by atoms with E-state index in [-0.39, 0.29) is 18.5 Å². The summed E-state index contributed by atoms with van der Waals surface area (Å²) in [5, 5.41) is 5.52. The summed E-state index contributed by atoms with van der Waals surface area (Å²) in [6.45, 7) is 5.21. The number of imide groups is 1. The van der Waals surface area contributed by atoms with Gasteiger partial charge >= 0.3 is 6.03 Å². The second-order valence-corrected chi connectivity index (χ2v) is 6.14. The van der Waals surface area contributed by atoms with Gasteiger partial charge < -0.3 is 15.4 Å². The molecule has 2 N–H and O–H groups in total. The van der Waals surface area contributed by atoms with Gasteiger partial charge in [0.2, 0.25) is 5.91 Å². The second-order valence-electron chi connectivity index (χ2n) is 6.14. The highest BCUT2D eigenvalue weighted by Crippen LogP contribution is 2.26. The summed E-state index contributed by atoms with van der Waals surface area (Å²) in [7, 11) is 1.57. The van der Waals surface area contributed by atoms with E-state index < -0.39 is 17.5 Å². The Morgan fingerprint density at radius 2 is 1.92 bits per heavy atom. The minimum atomic E-state index is -0.897. The molecule has 1 aliphatic heterocycles. The van der Waals surface area contributed by atoms with Gasteiger partial charge in [-0.3, -0.25) is 14.5 Å². The Balaban J connectivity index is 2.05. The number of methoxy groups -OCH3 is 1. The van der Waals surface area contributed by atoms with Crippen molar-refractivity contribution in [3.05, 3.63) is 29.8 Å². The third kappa shape index (κ3) is 3.60. The van der Waals surface area contributed by atoms with Gasteiger partial charge in [0.15, 0.2) is 0 Å². The molecule has 1 saturated heterocycles. The maximum atomic E-state index is 12.5. The Bertz CT molecular complexity index is 670. The number of carbonyl (C=O) groups excluding carboxylic acids is 3. The third-order valence-electron chi connectivity index (χ3n) is 4.74. The number of benzene rings is 1. The molecule has 25 heavy (non-hydrogen) atoms. The monoisotopic (exact) mass is 347 g/mol. The summed E-state index contributed by atoms with van der Waals surface area (Å²) in [6.07, 6.45) is 0.980. The molecular formula is C18H25N3O4. The number of nitrogens with zero attached hydrogens (tertiary/aromatic N) is 1. The Kier molecular flexibility index (Phi) is 5.66. The molecule has 0 radical (unpaired) electrons. The summed E-state index contributed by atoms with van der Waals surface area (Å²) in [5.41, 5.74) is -0.0713. The van der Waals surface area contributed by atoms with Gasteiger partial charge in [-0.2, -0.15) is 0 Å². The Labute approximate surface area is 147 Å². The van der Waals surface area contributed by atoms with Crippen LogP contribution < -0.4 is 15.4 Å². The lowest BCUT2D eigenvalue weighted by atomic mass is 9.93. The second kappa shape index (κ2) is 7.55. The SMILES string of the molecule is CCC1(CC)NC(=O)N(CC(=O)NC(C)c2ccccc2OC)C1=O. The summed E-state index contributed by atoms with van der Waals surface area (Å²) in [5.74, 6) is -0.0752. The van der Waals surface area contributed by atoms with E-state index in [1.54, 1.807) is 7.11 Å². The van der Waals surface area contributed by atoms with Crippen LogP contribution >= 0.6 is 0 Å². The minimum absolute atomic E-state index is 0.300. The van der Waals surface area contributed by atoms with Gasteiger partial charge in [-0.15, -0.1) is 0 Å². The van der Waals surface area contributed by atoms with Crippen LogP contribution in [0.3, 0.4) is 0 Å². The quantitative estimate of drug-likeness (QED) is 0.738. The van der Waals surface area contributed by atoms with Crippen LogP contribution in [0.25, 0.3) is 0 Å². The summed E-state index contributed by atoms with van der Waals surface area (Å²) in [6, 6.07) is 6.54. The van der Waals surface area contributed by atoms with Crippen LogP contribution in [0.5, 0.6) is 5.75 Å². The van der Waals surface area contributed by atoms with Gasteiger partial charge in [0.1, 0.15) is 17.8 Å². The maximum Gasteiger partial charge on any atom is 0.325 e. The molecule has 2 rings (SSSR count). The molecule has 7 nitrogen and oxygen atoms in total. The normalized spacial score (nSPS) is 17.2. The third-order valence-corrected chi connectivity index (χ3v) is 4.74. The van der Waals surface area contributed by atoms with Gasteiger partial charge in [0.05, 0.1) is 13.2 Å². The van der Waals surface area contributed by atoms with Crippen molar-refractivity contribution in [1.82, 2.24) is 15.5 Å². The predicted molar refractivity (Wildman–Crippen MR) is 93.1 cm³/mol. The highest BCUT2D eigenvalue weighted by Gasteiger charge is 2.49. The topological polar surface area (TPSA) is 87.7 Å². The van der Waals surface area contributed by atoms with Crippen LogP contribution in [-0.4, -0.2) is 41.9 Å². The summed E-state index contributed by atoms with van der Waals surface area (Å²) < 4.78 is 5.29. The predicted octanol–water partition coefficient (Wildman–Crippen LogP) is 1.98. The number of hydrogen-bond donors (Lipinski definition) is 2. The number of carbonyl (C=O) groups is 3. The van der Waals surface area contributed by atoms with Crippen molar-refractivity contribution >= 4 is 17.8 Å². The maximum absolute atomic E-state index is 12.5. The first kappa shape index (κ1) is 18.8. The van der Waals surface area contributed by atoms with Crippen molar-refractivity contribution in [2.24, 2.45) is 0 Å². The molecule has 0 saturated carbocycles. The smallest absolute Gasteiger partial charge is 0.325 e. The molecule has 1 heterocycles. The van der Waals surface area contributed by atoms with E-state index in [4.69, 9.17) is 4.74 Å². The molecule has 4 amide bonds. The standard InChI is InChI=1S/C18H25N3O4/c1-5-18(6-2)16(23)21(17(24)20-18)11-15(22)19-12(3)13-9-7-8-10-14(13)25-4/h7-10,12H,5-6,11H2,1-4H3,(H,19,22)(H,20,24). The van der Waals surface area contributed by atoms with E-state index >= 15 is 0 Å². The van der Waals surface area contributed by atoms with E-state index in [1.807, 2.05) is 45.0 Å². The fourth-order valence-corrected chi connectivity index (χ4v) is 3.08. The molecule has 1 aromatic rings. The first-order chi connectivity index (χ1) is 11.9. The number of hydrogen-bond acceptors (Lipinski definition) is 4. The zero-order valence-electron chi connectivity index (χ0n) is 15.1. The minimum Gasteiger partial charge on any atom is -0.496 e. The van der Waals surface area contributed by atoms with Crippen LogP contribution in [0, 0.1) is 0 Å². The molecular weight excluding hydrogens is 322 g/mol. The average Bonchev–Trinajstić information content (AvgIpc) is 2.86. The van der Waals surface area contributed by atoms with Gasteiger partial charge in [0, 0.05) is 5.56 Å². The lowest BCUT2D eigenvalue weighted by molar-refractivity contribution is -0.135. The molecule has 1 aromatic carbocycles. The fraction of sp³-hybridized carbons (Fsp3) is 0.500. The number of amides is 4. The molecule has 1 fully saturated rings. The molecule has 1 atom stereocenters. The highest BCUT2D eigenvalue weighted by atomic mass is 16.5. The zero-order chi connectivity index (χ0) is 18.6. The lowest BCUT2D eigenvalue weighted by Gasteiger charge is -2.23. The largest absolute Gasteiger partial charge is 0.496 e. The van der Waals surface area contributed by atoms with Crippen molar-refractivity contribution in [1.29, 1.82) is 0 Å². The number of rotatable bonds is 7. The van der Waals surface area contributed by atoms with E-state index in [0.29, 0.717) is 18.6 Å². The molecule has 1 unspecified atom stereocenters.